The number of nitrogens with zero attached hydrogens (tertiary/aromatic N) is 2. The Balaban J connectivity index is 2.25. The van der Waals surface area contributed by atoms with Gasteiger partial charge in [-0.15, -0.1) is 0 Å². The van der Waals surface area contributed by atoms with Crippen LogP contribution < -0.4 is 0 Å². The lowest BCUT2D eigenvalue weighted by Crippen LogP contribution is -1.96. The largest absolute Gasteiger partial charge is 0.347 e. The molecule has 2 aromatic heterocycles. The zero-order valence-corrected chi connectivity index (χ0v) is 9.04. The van der Waals surface area contributed by atoms with Gasteiger partial charge >= 0.3 is 0 Å². The van der Waals surface area contributed by atoms with Crippen molar-refractivity contribution < 1.29 is 4.39 Å². The highest BCUT2D eigenvalue weighted by Crippen LogP contribution is 2.22. The first kappa shape index (κ1) is 10.4. The van der Waals surface area contributed by atoms with Crippen molar-refractivity contribution in [2.75, 3.05) is 6.67 Å². The van der Waals surface area contributed by atoms with Gasteiger partial charge in [0.15, 0.2) is 0 Å². The lowest BCUT2D eigenvalue weighted by atomic mass is 10.3. The van der Waals surface area contributed by atoms with E-state index in [0.717, 1.165) is 23.9 Å². The van der Waals surface area contributed by atoms with Crippen LogP contribution in [0, 0.1) is 0 Å². The molecule has 0 unspecified atom stereocenters. The number of pyridine rings is 1. The minimum absolute atomic E-state index is 0.248. The topological polar surface area (TPSA) is 17.8 Å². The molecule has 0 aliphatic carbocycles. The van der Waals surface area contributed by atoms with Crippen LogP contribution >= 0.6 is 11.6 Å². The van der Waals surface area contributed by atoms with Crippen LogP contribution in [0.3, 0.4) is 0 Å². The lowest BCUT2D eigenvalue weighted by molar-refractivity contribution is 0.449. The Morgan fingerprint density at radius 3 is 3.00 bits per heavy atom. The van der Waals surface area contributed by atoms with Crippen molar-refractivity contribution in [2.24, 2.45) is 0 Å². The van der Waals surface area contributed by atoms with E-state index < -0.39 is 0 Å². The van der Waals surface area contributed by atoms with Crippen molar-refractivity contribution in [3.05, 3.63) is 29.7 Å². The number of unbranched alkanes of at least 4 members (excludes halogenated alkanes) is 1. The fourth-order valence-corrected chi connectivity index (χ4v) is 1.88. The molecule has 0 atom stereocenters. The van der Waals surface area contributed by atoms with E-state index in [2.05, 4.69) is 9.55 Å². The van der Waals surface area contributed by atoms with Crippen molar-refractivity contribution in [1.82, 2.24) is 9.55 Å². The molecule has 0 bridgehead atoms. The smallest absolute Gasteiger partial charge is 0.138 e. The van der Waals surface area contributed by atoms with Crippen molar-refractivity contribution in [3.63, 3.8) is 0 Å². The van der Waals surface area contributed by atoms with Gasteiger partial charge in [-0.05, 0) is 25.0 Å². The Hall–Kier alpha value is -1.09. The summed E-state index contributed by atoms with van der Waals surface area (Å²) in [6.07, 6.45) is 5.12. The molecule has 15 heavy (non-hydrogen) atoms. The molecule has 4 heteroatoms. The van der Waals surface area contributed by atoms with Crippen molar-refractivity contribution in [1.29, 1.82) is 0 Å². The quantitative estimate of drug-likeness (QED) is 0.577. The molecule has 0 saturated carbocycles. The standard InChI is InChI=1S/C11H12ClFN2/c12-11-9-4-8-15(7-2-1-5-13)10(9)3-6-14-11/h3-4,6,8H,1-2,5,7H2. The van der Waals surface area contributed by atoms with E-state index in [1.165, 1.54) is 0 Å². The summed E-state index contributed by atoms with van der Waals surface area (Å²) in [5.41, 5.74) is 1.06. The number of fused-ring (bicyclic) bond motifs is 1. The Bertz CT molecular complexity index is 453. The van der Waals surface area contributed by atoms with Gasteiger partial charge in [-0.25, -0.2) is 4.98 Å². The summed E-state index contributed by atoms with van der Waals surface area (Å²) >= 11 is 5.95. The van der Waals surface area contributed by atoms with Crippen LogP contribution in [0.2, 0.25) is 5.15 Å². The van der Waals surface area contributed by atoms with E-state index in [-0.39, 0.29) is 6.67 Å². The van der Waals surface area contributed by atoms with E-state index in [0.29, 0.717) is 11.6 Å². The summed E-state index contributed by atoms with van der Waals surface area (Å²) in [5, 5.41) is 1.48. The van der Waals surface area contributed by atoms with Crippen LogP contribution in [0.15, 0.2) is 24.5 Å². The normalized spacial score (nSPS) is 11.1. The molecule has 0 fully saturated rings. The summed E-state index contributed by atoms with van der Waals surface area (Å²) in [6, 6.07) is 3.87. The molecule has 0 aliphatic rings. The van der Waals surface area contributed by atoms with Crippen LogP contribution in [-0.2, 0) is 6.54 Å². The number of hydrogen-bond acceptors (Lipinski definition) is 1. The van der Waals surface area contributed by atoms with Crippen LogP contribution in [0.1, 0.15) is 12.8 Å². The second-order valence-corrected chi connectivity index (χ2v) is 3.80. The molecular weight excluding hydrogens is 215 g/mol. The van der Waals surface area contributed by atoms with Crippen LogP contribution in [0.25, 0.3) is 10.9 Å². The lowest BCUT2D eigenvalue weighted by Gasteiger charge is -2.03. The second-order valence-electron chi connectivity index (χ2n) is 3.44. The fraction of sp³-hybridized carbons (Fsp3) is 0.364. The first-order chi connectivity index (χ1) is 7.33. The third-order valence-corrected chi connectivity index (χ3v) is 2.73. The highest BCUT2D eigenvalue weighted by molar-refractivity contribution is 6.34. The second kappa shape index (κ2) is 4.62. The number of aryl methyl sites for hydroxylation is 1. The number of aromatic nitrogens is 2. The minimum atomic E-state index is -0.248. The first-order valence-electron chi connectivity index (χ1n) is 4.98. The average molecular weight is 227 g/mol. The monoisotopic (exact) mass is 226 g/mol. The molecule has 80 valence electrons. The Kier molecular flexibility index (Phi) is 3.21. The van der Waals surface area contributed by atoms with E-state index >= 15 is 0 Å². The average Bonchev–Trinajstić information content (AvgIpc) is 2.64. The number of alkyl halides is 1. The van der Waals surface area contributed by atoms with Gasteiger partial charge in [0.2, 0.25) is 0 Å². The van der Waals surface area contributed by atoms with E-state index in [4.69, 9.17) is 11.6 Å². The van der Waals surface area contributed by atoms with Gasteiger partial charge in [-0.1, -0.05) is 11.6 Å². The fourth-order valence-electron chi connectivity index (χ4n) is 1.66. The predicted octanol–water partition coefficient (Wildman–Crippen LogP) is 3.44. The van der Waals surface area contributed by atoms with Gasteiger partial charge in [-0.2, -0.15) is 0 Å². The zero-order valence-electron chi connectivity index (χ0n) is 8.29. The maximum Gasteiger partial charge on any atom is 0.138 e. The number of rotatable bonds is 4. The van der Waals surface area contributed by atoms with E-state index in [1.807, 2.05) is 18.3 Å². The number of hydrogen-bond donors (Lipinski definition) is 0. The first-order valence-corrected chi connectivity index (χ1v) is 5.36. The molecule has 2 aromatic rings. The third-order valence-electron chi connectivity index (χ3n) is 2.43. The number of halogens is 2. The predicted molar refractivity (Wildman–Crippen MR) is 60.0 cm³/mol. The summed E-state index contributed by atoms with van der Waals surface area (Å²) in [5.74, 6) is 0. The summed E-state index contributed by atoms with van der Waals surface area (Å²) in [4.78, 5) is 4.01. The van der Waals surface area contributed by atoms with Gasteiger partial charge in [0, 0.05) is 24.3 Å². The highest BCUT2D eigenvalue weighted by atomic mass is 35.5. The van der Waals surface area contributed by atoms with Crippen LogP contribution in [0.4, 0.5) is 4.39 Å². The molecular formula is C11H12ClFN2. The van der Waals surface area contributed by atoms with E-state index in [1.54, 1.807) is 6.20 Å². The Morgan fingerprint density at radius 1 is 1.33 bits per heavy atom. The summed E-state index contributed by atoms with van der Waals surface area (Å²) < 4.78 is 14.0. The van der Waals surface area contributed by atoms with Gasteiger partial charge in [0.05, 0.1) is 12.2 Å². The summed E-state index contributed by atoms with van der Waals surface area (Å²) in [7, 11) is 0. The zero-order chi connectivity index (χ0) is 10.7. The van der Waals surface area contributed by atoms with Crippen LogP contribution in [-0.4, -0.2) is 16.2 Å². The molecule has 0 radical (unpaired) electrons. The Morgan fingerprint density at radius 2 is 2.20 bits per heavy atom. The molecule has 2 nitrogen and oxygen atoms in total. The molecule has 0 aromatic carbocycles. The van der Waals surface area contributed by atoms with Gasteiger partial charge in [0.25, 0.3) is 0 Å². The third kappa shape index (κ3) is 2.12. The molecule has 2 rings (SSSR count). The van der Waals surface area contributed by atoms with Crippen molar-refractivity contribution >= 4 is 22.5 Å². The molecule has 2 heterocycles. The van der Waals surface area contributed by atoms with E-state index in [9.17, 15) is 4.39 Å². The van der Waals surface area contributed by atoms with Gasteiger partial charge in [-0.3, -0.25) is 4.39 Å². The van der Waals surface area contributed by atoms with Gasteiger partial charge in [0.1, 0.15) is 5.15 Å². The molecule has 0 aliphatic heterocycles. The van der Waals surface area contributed by atoms with Crippen molar-refractivity contribution in [3.8, 4) is 0 Å². The summed E-state index contributed by atoms with van der Waals surface area (Å²) in [6.45, 7) is 0.579. The molecule has 0 N–H and O–H groups in total. The highest BCUT2D eigenvalue weighted by Gasteiger charge is 2.04. The molecule has 0 amide bonds. The maximum absolute atomic E-state index is 12.0. The Labute approximate surface area is 92.7 Å². The van der Waals surface area contributed by atoms with Gasteiger partial charge < -0.3 is 4.57 Å². The SMILES string of the molecule is FCCCCn1ccc2c(Cl)nccc21. The van der Waals surface area contributed by atoms with Crippen molar-refractivity contribution in [2.45, 2.75) is 19.4 Å². The maximum atomic E-state index is 12.0. The molecule has 0 saturated heterocycles. The van der Waals surface area contributed by atoms with Crippen LogP contribution in [0.5, 0.6) is 0 Å². The minimum Gasteiger partial charge on any atom is -0.347 e. The molecule has 0 spiro atoms.